The quantitative estimate of drug-likeness (QED) is 0.531. The van der Waals surface area contributed by atoms with E-state index in [0.29, 0.717) is 23.2 Å². The van der Waals surface area contributed by atoms with Crippen LogP contribution in [0.3, 0.4) is 0 Å². The highest BCUT2D eigenvalue weighted by atomic mass is 16.4. The van der Waals surface area contributed by atoms with E-state index in [9.17, 15) is 24.6 Å². The lowest BCUT2D eigenvalue weighted by Crippen LogP contribution is -2.57. The fourth-order valence-corrected chi connectivity index (χ4v) is 6.83. The summed E-state index contributed by atoms with van der Waals surface area (Å²) in [4.78, 5) is 42.3. The highest BCUT2D eigenvalue weighted by Crippen LogP contribution is 2.53. The van der Waals surface area contributed by atoms with Gasteiger partial charge in [-0.3, -0.25) is 19.7 Å². The molecule has 4 unspecified atom stereocenters. The number of benzene rings is 2. The van der Waals surface area contributed by atoms with E-state index >= 15 is 0 Å². The molecule has 2 aromatic rings. The number of amides is 2. The van der Waals surface area contributed by atoms with Gasteiger partial charge in [0.1, 0.15) is 11.3 Å². The SMILES string of the molecule is Cc1ccccc1N1C(=O)C2C(c3cc(C)c(O)c(C)c3)NC(CC3CCCCC3)(C(=O)O)C2C1=O. The van der Waals surface area contributed by atoms with Gasteiger partial charge < -0.3 is 10.2 Å². The summed E-state index contributed by atoms with van der Waals surface area (Å²) in [5.74, 6) is -3.39. The van der Waals surface area contributed by atoms with Crippen molar-refractivity contribution in [1.82, 2.24) is 5.32 Å². The Bertz CT molecular complexity index is 1210. The van der Waals surface area contributed by atoms with Gasteiger partial charge in [0.15, 0.2) is 0 Å². The maximum Gasteiger partial charge on any atom is 0.324 e. The number of nitrogens with one attached hydrogen (secondary N) is 1. The van der Waals surface area contributed by atoms with Gasteiger partial charge in [0, 0.05) is 6.04 Å². The summed E-state index contributed by atoms with van der Waals surface area (Å²) in [5, 5.41) is 24.4. The second-order valence-electron chi connectivity index (χ2n) is 10.9. The van der Waals surface area contributed by atoms with Gasteiger partial charge in [-0.25, -0.2) is 4.90 Å². The van der Waals surface area contributed by atoms with E-state index in [1.165, 1.54) is 4.90 Å². The standard InChI is InChI=1S/C29H34N2O5/c1-16-9-7-8-12-21(16)31-26(33)22-23(27(31)34)29(28(35)36,15-19-10-5-4-6-11-19)30-24(22)20-13-17(2)25(32)18(3)14-20/h7-9,12-14,19,22-24,30,32H,4-6,10-11,15H2,1-3H3,(H,35,36). The van der Waals surface area contributed by atoms with Crippen molar-refractivity contribution >= 4 is 23.5 Å². The van der Waals surface area contributed by atoms with Gasteiger partial charge in [-0.15, -0.1) is 0 Å². The van der Waals surface area contributed by atoms with Gasteiger partial charge in [-0.1, -0.05) is 62.4 Å². The molecule has 7 nitrogen and oxygen atoms in total. The Morgan fingerprint density at radius 1 is 1.00 bits per heavy atom. The van der Waals surface area contributed by atoms with Crippen LogP contribution in [0.2, 0.25) is 0 Å². The number of hydrogen-bond donors (Lipinski definition) is 3. The molecule has 36 heavy (non-hydrogen) atoms. The molecule has 4 atom stereocenters. The summed E-state index contributed by atoms with van der Waals surface area (Å²) in [6.07, 6.45) is 5.42. The number of aliphatic carboxylic acids is 1. The van der Waals surface area contributed by atoms with E-state index < -0.39 is 35.3 Å². The van der Waals surface area contributed by atoms with Crippen molar-refractivity contribution in [1.29, 1.82) is 0 Å². The fraction of sp³-hybridized carbons (Fsp3) is 0.483. The maximum absolute atomic E-state index is 14.0. The monoisotopic (exact) mass is 490 g/mol. The Morgan fingerprint density at radius 3 is 2.25 bits per heavy atom. The third-order valence-electron chi connectivity index (χ3n) is 8.60. The number of rotatable bonds is 5. The molecule has 3 N–H and O–H groups in total. The Kier molecular flexibility index (Phi) is 6.15. The number of aryl methyl sites for hydroxylation is 3. The van der Waals surface area contributed by atoms with Gasteiger partial charge in [-0.05, 0) is 61.4 Å². The second-order valence-corrected chi connectivity index (χ2v) is 10.9. The second kappa shape index (κ2) is 9.04. The summed E-state index contributed by atoms with van der Waals surface area (Å²) in [5.41, 5.74) is 1.77. The van der Waals surface area contributed by atoms with Crippen LogP contribution in [-0.4, -0.2) is 33.5 Å². The first kappa shape index (κ1) is 24.5. The van der Waals surface area contributed by atoms with E-state index in [4.69, 9.17) is 0 Å². The Balaban J connectivity index is 1.65. The van der Waals surface area contributed by atoms with E-state index in [1.54, 1.807) is 38.1 Å². The van der Waals surface area contributed by atoms with Gasteiger partial charge in [-0.2, -0.15) is 0 Å². The molecule has 2 heterocycles. The van der Waals surface area contributed by atoms with Crippen LogP contribution in [0.5, 0.6) is 5.75 Å². The van der Waals surface area contributed by atoms with Crippen LogP contribution in [0.25, 0.3) is 0 Å². The molecule has 2 amide bonds. The van der Waals surface area contributed by atoms with Crippen molar-refractivity contribution in [3.05, 3.63) is 58.7 Å². The average Bonchev–Trinajstić information content (AvgIpc) is 3.32. The van der Waals surface area contributed by atoms with E-state index in [0.717, 1.165) is 43.2 Å². The van der Waals surface area contributed by atoms with Gasteiger partial charge in [0.05, 0.1) is 17.5 Å². The van der Waals surface area contributed by atoms with Gasteiger partial charge in [0.25, 0.3) is 0 Å². The largest absolute Gasteiger partial charge is 0.507 e. The number of nitrogens with zero attached hydrogens (tertiary/aromatic N) is 1. The number of carbonyl (C=O) groups excluding carboxylic acids is 2. The van der Waals surface area contributed by atoms with Crippen molar-refractivity contribution < 1.29 is 24.6 Å². The first-order valence-corrected chi connectivity index (χ1v) is 12.9. The first-order chi connectivity index (χ1) is 17.2. The minimum atomic E-state index is -1.54. The van der Waals surface area contributed by atoms with Crippen LogP contribution in [0.4, 0.5) is 5.69 Å². The predicted octanol–water partition coefficient (Wildman–Crippen LogP) is 4.56. The molecule has 5 rings (SSSR count). The predicted molar refractivity (Wildman–Crippen MR) is 136 cm³/mol. The van der Waals surface area contributed by atoms with Crippen LogP contribution in [0, 0.1) is 38.5 Å². The van der Waals surface area contributed by atoms with Crippen LogP contribution in [-0.2, 0) is 14.4 Å². The third-order valence-corrected chi connectivity index (χ3v) is 8.60. The molecular formula is C29H34N2O5. The van der Waals surface area contributed by atoms with Crippen molar-refractivity contribution in [2.45, 2.75) is 70.9 Å². The number of phenolic OH excluding ortho intramolecular Hbond substituents is 1. The molecule has 0 spiro atoms. The zero-order chi connectivity index (χ0) is 25.8. The van der Waals surface area contributed by atoms with Crippen molar-refractivity contribution in [3.8, 4) is 5.75 Å². The molecule has 7 heteroatoms. The molecule has 2 aromatic carbocycles. The lowest BCUT2D eigenvalue weighted by atomic mass is 9.72. The van der Waals surface area contributed by atoms with Crippen LogP contribution in [0.15, 0.2) is 36.4 Å². The average molecular weight is 491 g/mol. The molecule has 190 valence electrons. The minimum Gasteiger partial charge on any atom is -0.507 e. The summed E-state index contributed by atoms with van der Waals surface area (Å²) in [6.45, 7) is 5.41. The number of carboxylic acid groups (broad SMARTS) is 1. The fourth-order valence-electron chi connectivity index (χ4n) is 6.83. The third kappa shape index (κ3) is 3.72. The Labute approximate surface area is 211 Å². The summed E-state index contributed by atoms with van der Waals surface area (Å²) in [7, 11) is 0. The van der Waals surface area contributed by atoms with Crippen LogP contribution >= 0.6 is 0 Å². The number of fused-ring (bicyclic) bond motifs is 1. The molecule has 3 fully saturated rings. The summed E-state index contributed by atoms with van der Waals surface area (Å²) in [6, 6.07) is 10.2. The molecule has 3 aliphatic rings. The number of aromatic hydroxyl groups is 1. The molecule has 0 aromatic heterocycles. The zero-order valence-corrected chi connectivity index (χ0v) is 21.1. The lowest BCUT2D eigenvalue weighted by molar-refractivity contribution is -0.150. The number of anilines is 1. The molecular weight excluding hydrogens is 456 g/mol. The van der Waals surface area contributed by atoms with Crippen molar-refractivity contribution in [3.63, 3.8) is 0 Å². The normalized spacial score (nSPS) is 28.5. The molecule has 0 bridgehead atoms. The Hall–Kier alpha value is -3.19. The topological polar surface area (TPSA) is 107 Å². The van der Waals surface area contributed by atoms with E-state index in [-0.39, 0.29) is 17.6 Å². The van der Waals surface area contributed by atoms with Crippen molar-refractivity contribution in [2.75, 3.05) is 4.90 Å². The number of para-hydroxylation sites is 1. The molecule has 1 saturated carbocycles. The van der Waals surface area contributed by atoms with Crippen LogP contribution < -0.4 is 10.2 Å². The molecule has 2 aliphatic heterocycles. The first-order valence-electron chi connectivity index (χ1n) is 12.9. The maximum atomic E-state index is 14.0. The van der Waals surface area contributed by atoms with E-state index in [2.05, 4.69) is 5.32 Å². The van der Waals surface area contributed by atoms with Crippen LogP contribution in [0.1, 0.15) is 66.8 Å². The zero-order valence-electron chi connectivity index (χ0n) is 21.1. The number of phenols is 1. The van der Waals surface area contributed by atoms with Gasteiger partial charge >= 0.3 is 5.97 Å². The summed E-state index contributed by atoms with van der Waals surface area (Å²) >= 11 is 0. The summed E-state index contributed by atoms with van der Waals surface area (Å²) < 4.78 is 0. The minimum absolute atomic E-state index is 0.176. The van der Waals surface area contributed by atoms with Crippen molar-refractivity contribution in [2.24, 2.45) is 17.8 Å². The molecule has 0 radical (unpaired) electrons. The Morgan fingerprint density at radius 2 is 1.64 bits per heavy atom. The molecule has 2 saturated heterocycles. The highest BCUT2D eigenvalue weighted by Gasteiger charge is 2.69. The van der Waals surface area contributed by atoms with E-state index in [1.807, 2.05) is 19.1 Å². The smallest absolute Gasteiger partial charge is 0.324 e. The lowest BCUT2D eigenvalue weighted by Gasteiger charge is -2.35. The molecule has 1 aliphatic carbocycles. The van der Waals surface area contributed by atoms with Gasteiger partial charge in [0.2, 0.25) is 11.8 Å². The number of carboxylic acids is 1. The number of carbonyl (C=O) groups is 3. The highest BCUT2D eigenvalue weighted by molar-refractivity contribution is 6.24. The number of hydrogen-bond acceptors (Lipinski definition) is 5. The number of imide groups is 1.